The molecule has 0 aliphatic heterocycles. The second kappa shape index (κ2) is 12.8. The Bertz CT molecular complexity index is 450. The van der Waals surface area contributed by atoms with E-state index in [-0.39, 0.29) is 17.6 Å². The number of carbonyl (C=O) groups is 2. The number of rotatable bonds is 14. The van der Waals surface area contributed by atoms with Gasteiger partial charge in [-0.3, -0.25) is 0 Å². The molecular formula is C19H34O6Si. The summed E-state index contributed by atoms with van der Waals surface area (Å²) in [7, 11) is -2.71. The van der Waals surface area contributed by atoms with E-state index in [1.165, 1.54) is 13.8 Å². The van der Waals surface area contributed by atoms with E-state index in [1.54, 1.807) is 6.92 Å². The van der Waals surface area contributed by atoms with Crippen LogP contribution in [0.5, 0.6) is 0 Å². The maximum atomic E-state index is 12.2. The van der Waals surface area contributed by atoms with Crippen LogP contribution in [-0.4, -0.2) is 39.8 Å². The molecule has 0 atom stereocenters. The van der Waals surface area contributed by atoms with Gasteiger partial charge in [-0.05, 0) is 26.7 Å². The van der Waals surface area contributed by atoms with Gasteiger partial charge in [0.05, 0.1) is 0 Å². The zero-order valence-electron chi connectivity index (χ0n) is 16.9. The second-order valence-electron chi connectivity index (χ2n) is 6.29. The topological polar surface area (TPSA) is 71.1 Å². The van der Waals surface area contributed by atoms with Gasteiger partial charge in [-0.1, -0.05) is 46.8 Å². The third kappa shape index (κ3) is 8.29. The third-order valence-corrected chi connectivity index (χ3v) is 6.05. The Morgan fingerprint density at radius 3 is 1.50 bits per heavy atom. The van der Waals surface area contributed by atoms with E-state index >= 15 is 0 Å². The van der Waals surface area contributed by atoms with Crippen LogP contribution in [0.25, 0.3) is 0 Å². The molecular weight excluding hydrogens is 352 g/mol. The highest BCUT2D eigenvalue weighted by atomic mass is 28.3. The molecule has 0 unspecified atom stereocenters. The summed E-state index contributed by atoms with van der Waals surface area (Å²) in [4.78, 5) is 24.4. The SMILES string of the molecule is C=C(C)C(=O)OC(CC)(OC(=O)C(=C)C)[SiH](OCCCC)OCCCC. The molecule has 0 amide bonds. The fourth-order valence-electron chi connectivity index (χ4n) is 1.89. The molecule has 0 heterocycles. The number of carbonyl (C=O) groups excluding carboxylic acids is 2. The van der Waals surface area contributed by atoms with Crippen molar-refractivity contribution >= 4 is 21.2 Å². The van der Waals surface area contributed by atoms with E-state index < -0.39 is 26.6 Å². The fourth-order valence-corrected chi connectivity index (χ4v) is 3.99. The molecule has 0 radical (unpaired) electrons. The minimum Gasteiger partial charge on any atom is -0.418 e. The maximum absolute atomic E-state index is 12.2. The number of hydrogen-bond acceptors (Lipinski definition) is 6. The molecule has 0 bridgehead atoms. The van der Waals surface area contributed by atoms with Gasteiger partial charge in [0.15, 0.2) is 0 Å². The predicted molar refractivity (Wildman–Crippen MR) is 104 cm³/mol. The van der Waals surface area contributed by atoms with E-state index in [4.69, 9.17) is 18.3 Å². The molecule has 0 aliphatic rings. The normalized spacial score (nSPS) is 11.3. The van der Waals surface area contributed by atoms with E-state index in [0.29, 0.717) is 13.2 Å². The highest BCUT2D eigenvalue weighted by Gasteiger charge is 2.50. The van der Waals surface area contributed by atoms with Crippen molar-refractivity contribution in [1.82, 2.24) is 0 Å². The van der Waals surface area contributed by atoms with E-state index in [9.17, 15) is 9.59 Å². The summed E-state index contributed by atoms with van der Waals surface area (Å²) >= 11 is 0. The molecule has 6 nitrogen and oxygen atoms in total. The van der Waals surface area contributed by atoms with E-state index in [2.05, 4.69) is 13.2 Å². The molecule has 7 heteroatoms. The van der Waals surface area contributed by atoms with Crippen molar-refractivity contribution in [3.63, 3.8) is 0 Å². The lowest BCUT2D eigenvalue weighted by Gasteiger charge is -2.36. The van der Waals surface area contributed by atoms with Crippen molar-refractivity contribution in [3.05, 3.63) is 24.3 Å². The number of hydrogen-bond donors (Lipinski definition) is 0. The molecule has 26 heavy (non-hydrogen) atoms. The molecule has 0 aromatic rings. The molecule has 0 N–H and O–H groups in total. The number of ether oxygens (including phenoxy) is 2. The zero-order chi connectivity index (χ0) is 20.2. The zero-order valence-corrected chi connectivity index (χ0v) is 18.0. The molecule has 0 fully saturated rings. The largest absolute Gasteiger partial charge is 0.418 e. The highest BCUT2D eigenvalue weighted by Crippen LogP contribution is 2.27. The molecule has 0 saturated heterocycles. The number of esters is 2. The maximum Gasteiger partial charge on any atom is 0.417 e. The summed E-state index contributed by atoms with van der Waals surface area (Å²) in [6.45, 7) is 17.0. The van der Waals surface area contributed by atoms with Crippen molar-refractivity contribution in [1.29, 1.82) is 0 Å². The Kier molecular flexibility index (Phi) is 12.1. The molecule has 0 aromatic heterocycles. The van der Waals surface area contributed by atoms with Crippen molar-refractivity contribution in [2.24, 2.45) is 0 Å². The molecule has 0 spiro atoms. The smallest absolute Gasteiger partial charge is 0.417 e. The number of unbranched alkanes of at least 4 members (excludes halogenated alkanes) is 2. The van der Waals surface area contributed by atoms with Gasteiger partial charge in [0.25, 0.3) is 5.41 Å². The van der Waals surface area contributed by atoms with Crippen LogP contribution in [0.15, 0.2) is 24.3 Å². The lowest BCUT2D eigenvalue weighted by atomic mass is 10.3. The fraction of sp³-hybridized carbons (Fsp3) is 0.684. The molecule has 150 valence electrons. The van der Waals surface area contributed by atoms with Gasteiger partial charge < -0.3 is 18.3 Å². The highest BCUT2D eigenvalue weighted by molar-refractivity contribution is 6.48. The Hall–Kier alpha value is -1.44. The first-order valence-corrected chi connectivity index (χ1v) is 10.8. The first kappa shape index (κ1) is 24.6. The quantitative estimate of drug-likeness (QED) is 0.149. The average Bonchev–Trinajstić information content (AvgIpc) is 2.59. The van der Waals surface area contributed by atoms with Crippen LogP contribution in [0.1, 0.15) is 66.7 Å². The molecule has 0 aromatic carbocycles. The lowest BCUT2D eigenvalue weighted by Crippen LogP contribution is -2.56. The van der Waals surface area contributed by atoms with Gasteiger partial charge in [-0.15, -0.1) is 0 Å². The lowest BCUT2D eigenvalue weighted by molar-refractivity contribution is -0.206. The first-order valence-electron chi connectivity index (χ1n) is 9.24. The summed E-state index contributed by atoms with van der Waals surface area (Å²) in [5.74, 6) is -1.28. The standard InChI is InChI=1S/C19H34O6Si/c1-8-11-13-22-26(23-14-12-9-2)19(10-3,24-17(20)15(4)5)25-18(21)16(6)7/h26H,4,6,8-14H2,1-3,5,7H3. The predicted octanol–water partition coefficient (Wildman–Crippen LogP) is 3.72. The van der Waals surface area contributed by atoms with Crippen LogP contribution >= 0.6 is 0 Å². The summed E-state index contributed by atoms with van der Waals surface area (Å²) in [5, 5.41) is 0. The van der Waals surface area contributed by atoms with Gasteiger partial charge in [-0.25, -0.2) is 9.59 Å². The van der Waals surface area contributed by atoms with Crippen molar-refractivity contribution in [2.75, 3.05) is 13.2 Å². The van der Waals surface area contributed by atoms with Crippen LogP contribution in [0.3, 0.4) is 0 Å². The average molecular weight is 387 g/mol. The van der Waals surface area contributed by atoms with Crippen LogP contribution < -0.4 is 0 Å². The van der Waals surface area contributed by atoms with Crippen molar-refractivity contribution in [2.45, 2.75) is 72.1 Å². The van der Waals surface area contributed by atoms with Gasteiger partial charge in [0.1, 0.15) is 0 Å². The van der Waals surface area contributed by atoms with E-state index in [1.807, 2.05) is 13.8 Å². The Balaban J connectivity index is 5.68. The third-order valence-electron chi connectivity index (χ3n) is 3.61. The van der Waals surface area contributed by atoms with Crippen molar-refractivity contribution < 1.29 is 27.9 Å². The Morgan fingerprint density at radius 2 is 1.23 bits per heavy atom. The second-order valence-corrected chi connectivity index (χ2v) is 8.50. The molecule has 0 saturated carbocycles. The molecule has 0 aliphatic carbocycles. The van der Waals surface area contributed by atoms with Crippen LogP contribution in [0, 0.1) is 0 Å². The summed E-state index contributed by atoms with van der Waals surface area (Å²) in [6.07, 6.45) is 3.80. The van der Waals surface area contributed by atoms with Crippen molar-refractivity contribution in [3.8, 4) is 0 Å². The Morgan fingerprint density at radius 1 is 0.846 bits per heavy atom. The summed E-state index contributed by atoms with van der Waals surface area (Å²) in [5.41, 5.74) is -1.14. The summed E-state index contributed by atoms with van der Waals surface area (Å²) < 4.78 is 23.1. The minimum absolute atomic E-state index is 0.212. The molecule has 0 rings (SSSR count). The van der Waals surface area contributed by atoms with Gasteiger partial charge in [-0.2, -0.15) is 0 Å². The minimum atomic E-state index is -2.71. The summed E-state index contributed by atoms with van der Waals surface area (Å²) in [6, 6.07) is 0. The van der Waals surface area contributed by atoms with Crippen LogP contribution in [0.4, 0.5) is 0 Å². The monoisotopic (exact) mass is 386 g/mol. The van der Waals surface area contributed by atoms with Crippen LogP contribution in [0.2, 0.25) is 0 Å². The van der Waals surface area contributed by atoms with Gasteiger partial charge in [0, 0.05) is 30.8 Å². The van der Waals surface area contributed by atoms with Gasteiger partial charge in [0.2, 0.25) is 0 Å². The Labute approximate surface area is 159 Å². The van der Waals surface area contributed by atoms with Crippen LogP contribution in [-0.2, 0) is 27.9 Å². The van der Waals surface area contributed by atoms with Gasteiger partial charge >= 0.3 is 21.2 Å². The first-order chi connectivity index (χ1) is 12.2. The van der Waals surface area contributed by atoms with E-state index in [0.717, 1.165) is 25.7 Å².